The fourth-order valence-electron chi connectivity index (χ4n) is 4.52. The van der Waals surface area contributed by atoms with Crippen molar-refractivity contribution >= 4 is 55.8 Å². The first-order valence-corrected chi connectivity index (χ1v) is 16.1. The number of hydrogen-bond acceptors (Lipinski definition) is 12. The summed E-state index contributed by atoms with van der Waals surface area (Å²) in [6, 6.07) is 0.134. The van der Waals surface area contributed by atoms with Crippen LogP contribution in [0.15, 0.2) is 10.8 Å². The van der Waals surface area contributed by atoms with Gasteiger partial charge in [0.25, 0.3) is 14.8 Å². The normalized spacial score (nSPS) is 14.2. The Labute approximate surface area is 260 Å². The van der Waals surface area contributed by atoms with E-state index in [9.17, 15) is 24.6 Å². The number of nitrogens with zero attached hydrogens (tertiary/aromatic N) is 4. The van der Waals surface area contributed by atoms with Crippen molar-refractivity contribution < 1.29 is 29.3 Å². The van der Waals surface area contributed by atoms with Crippen molar-refractivity contribution in [1.29, 1.82) is 0 Å². The number of ether oxygens (including phenoxy) is 1. The van der Waals surface area contributed by atoms with Gasteiger partial charge in [0.15, 0.2) is 5.69 Å². The van der Waals surface area contributed by atoms with Gasteiger partial charge in [0, 0.05) is 28.5 Å². The standard InChI is InChI=1S/C14H22BN2O4S.C14H24BN2O2S/c1-5-21-14(20)10-7-22-13(16-10)12(19)6-11(9(2)3)17(4)15-8-18;1-5-6-17(15-9-18)12(10(2)3)7-13(19)14-16-11(4)8-20-14/h7-9,11-12,19H,5-6H2,1-4H3;8-10,12-13,19H,5-7H2,1-4H3/t11-,12+;12-,13+/m00/s1. The number of thiazole rings is 2. The molecule has 0 unspecified atom stereocenters. The van der Waals surface area contributed by atoms with Crippen LogP contribution in [0.4, 0.5) is 0 Å². The van der Waals surface area contributed by atoms with Crippen molar-refractivity contribution in [3.05, 3.63) is 32.2 Å². The Bertz CT molecular complexity index is 1070. The van der Waals surface area contributed by atoms with Crippen molar-refractivity contribution in [2.45, 2.75) is 92.0 Å². The highest BCUT2D eigenvalue weighted by Crippen LogP contribution is 2.28. The van der Waals surface area contributed by atoms with Crippen molar-refractivity contribution in [3.63, 3.8) is 0 Å². The van der Waals surface area contributed by atoms with Gasteiger partial charge in [-0.1, -0.05) is 34.6 Å². The van der Waals surface area contributed by atoms with E-state index in [1.54, 1.807) is 31.6 Å². The molecular weight excluding hydrogens is 574 g/mol. The van der Waals surface area contributed by atoms with Gasteiger partial charge in [0.05, 0.1) is 19.0 Å². The Kier molecular flexibility index (Phi) is 18.2. The molecule has 0 aliphatic rings. The molecule has 14 heteroatoms. The monoisotopic (exact) mass is 620 g/mol. The van der Waals surface area contributed by atoms with E-state index in [0.717, 1.165) is 36.0 Å². The van der Waals surface area contributed by atoms with Crippen LogP contribution in [0.5, 0.6) is 0 Å². The molecule has 2 rings (SSSR count). The first-order valence-electron chi connectivity index (χ1n) is 14.3. The topological polar surface area (TPSA) is 133 Å². The Hall–Kier alpha value is -1.96. The lowest BCUT2D eigenvalue weighted by Crippen LogP contribution is -2.43. The summed E-state index contributed by atoms with van der Waals surface area (Å²) >= 11 is 2.72. The zero-order chi connectivity index (χ0) is 31.8. The van der Waals surface area contributed by atoms with Crippen LogP contribution in [0, 0.1) is 18.8 Å². The van der Waals surface area contributed by atoms with Gasteiger partial charge in [0.2, 0.25) is 0 Å². The van der Waals surface area contributed by atoms with Crippen molar-refractivity contribution in [2.75, 3.05) is 20.2 Å². The van der Waals surface area contributed by atoms with Crippen LogP contribution in [-0.4, -0.2) is 95.3 Å². The number of rotatable bonds is 18. The molecule has 2 aromatic heterocycles. The minimum Gasteiger partial charge on any atom is -0.461 e. The van der Waals surface area contributed by atoms with E-state index < -0.39 is 18.2 Å². The molecule has 0 aliphatic carbocycles. The number of carbonyl (C=O) groups excluding carboxylic acids is 3. The average Bonchev–Trinajstić information content (AvgIpc) is 3.60. The molecule has 0 bridgehead atoms. The molecule has 0 spiro atoms. The minimum atomic E-state index is -0.789. The SMILES string of the molecule is CCCN([B]C=O)[C@@H](C[C@@H](O)c1nc(C)cs1)C(C)C.CCOC(=O)c1csc([C@H](O)C[C@@H](C(C)C)N(C)[B]C=O)n1. The summed E-state index contributed by atoms with van der Waals surface area (Å²) < 4.78 is 4.88. The van der Waals surface area contributed by atoms with Gasteiger partial charge in [-0.15, -0.1) is 22.7 Å². The van der Waals surface area contributed by atoms with Crippen LogP contribution in [0.2, 0.25) is 0 Å². The largest absolute Gasteiger partial charge is 0.461 e. The number of aryl methyl sites for hydroxylation is 1. The Morgan fingerprint density at radius 1 is 0.952 bits per heavy atom. The number of aliphatic hydroxyl groups is 2. The Balaban J connectivity index is 0.000000422. The number of hydrogen-bond donors (Lipinski definition) is 2. The van der Waals surface area contributed by atoms with E-state index in [4.69, 9.17) is 4.74 Å². The van der Waals surface area contributed by atoms with Crippen molar-refractivity contribution in [1.82, 2.24) is 19.6 Å². The summed E-state index contributed by atoms with van der Waals surface area (Å²) in [5.74, 6) is 0.123. The minimum absolute atomic E-state index is 0.00450. The van der Waals surface area contributed by atoms with E-state index in [2.05, 4.69) is 30.7 Å². The van der Waals surface area contributed by atoms with Gasteiger partial charge >= 0.3 is 5.97 Å². The van der Waals surface area contributed by atoms with Crippen molar-refractivity contribution in [2.24, 2.45) is 11.8 Å². The maximum Gasteiger partial charge on any atom is 0.357 e. The van der Waals surface area contributed by atoms with Crippen molar-refractivity contribution in [3.8, 4) is 0 Å². The summed E-state index contributed by atoms with van der Waals surface area (Å²) in [5, 5.41) is 25.5. The highest BCUT2D eigenvalue weighted by atomic mass is 32.1. The van der Waals surface area contributed by atoms with E-state index in [0.29, 0.717) is 23.8 Å². The lowest BCUT2D eigenvalue weighted by atomic mass is 9.85. The molecular formula is C28H46B2N4O6S2. The first-order chi connectivity index (χ1) is 19.9. The van der Waals surface area contributed by atoms with Crippen LogP contribution in [0.3, 0.4) is 0 Å². The van der Waals surface area contributed by atoms with Gasteiger partial charge < -0.3 is 34.2 Å². The Morgan fingerprint density at radius 2 is 1.50 bits per heavy atom. The van der Waals surface area contributed by atoms with E-state index in [-0.39, 0.29) is 30.3 Å². The highest BCUT2D eigenvalue weighted by Gasteiger charge is 2.27. The predicted molar refractivity (Wildman–Crippen MR) is 171 cm³/mol. The summed E-state index contributed by atoms with van der Waals surface area (Å²) in [6.45, 7) is 15.1. The summed E-state index contributed by atoms with van der Waals surface area (Å²) in [6.07, 6.45) is 2.18. The van der Waals surface area contributed by atoms with Gasteiger partial charge in [0.1, 0.15) is 22.2 Å². The van der Waals surface area contributed by atoms with Gasteiger partial charge in [-0.25, -0.2) is 14.8 Å². The van der Waals surface area contributed by atoms with Crippen LogP contribution in [0.1, 0.15) is 99.2 Å². The number of carbonyl (C=O) groups is 3. The quantitative estimate of drug-likeness (QED) is 0.144. The van der Waals surface area contributed by atoms with Crippen LogP contribution >= 0.6 is 22.7 Å². The smallest absolute Gasteiger partial charge is 0.357 e. The second kappa shape index (κ2) is 20.1. The van der Waals surface area contributed by atoms with Gasteiger partial charge in [-0.2, -0.15) is 0 Å². The summed E-state index contributed by atoms with van der Waals surface area (Å²) in [4.78, 5) is 45.3. The van der Waals surface area contributed by atoms with Crippen LogP contribution in [0.25, 0.3) is 0 Å². The molecule has 0 amide bonds. The molecule has 2 aromatic rings. The maximum atomic E-state index is 11.6. The third-order valence-electron chi connectivity index (χ3n) is 6.66. The third kappa shape index (κ3) is 12.7. The Morgan fingerprint density at radius 3 is 1.98 bits per heavy atom. The lowest BCUT2D eigenvalue weighted by Gasteiger charge is -2.34. The molecule has 232 valence electrons. The maximum absolute atomic E-state index is 11.6. The molecule has 0 aromatic carbocycles. The molecule has 0 aliphatic heterocycles. The average molecular weight is 620 g/mol. The molecule has 0 saturated heterocycles. The van der Waals surface area contributed by atoms with E-state index >= 15 is 0 Å². The third-order valence-corrected chi connectivity index (χ3v) is 8.67. The number of aromatic nitrogens is 2. The molecule has 10 nitrogen and oxygen atoms in total. The first kappa shape index (κ1) is 38.1. The highest BCUT2D eigenvalue weighted by molar-refractivity contribution is 7.10. The molecule has 2 heterocycles. The fourth-order valence-corrected chi connectivity index (χ4v) is 6.10. The second-order valence-corrected chi connectivity index (χ2v) is 12.5. The summed E-state index contributed by atoms with van der Waals surface area (Å²) in [5.41, 5.74) is 1.16. The van der Waals surface area contributed by atoms with Gasteiger partial charge in [-0.3, -0.25) is 0 Å². The number of aliphatic hydroxyl groups excluding tert-OH is 2. The zero-order valence-corrected chi connectivity index (χ0v) is 27.7. The predicted octanol–water partition coefficient (Wildman–Crippen LogP) is 3.93. The summed E-state index contributed by atoms with van der Waals surface area (Å²) in [7, 11) is 4.84. The molecule has 0 saturated carbocycles. The van der Waals surface area contributed by atoms with E-state index in [1.165, 1.54) is 30.1 Å². The molecule has 42 heavy (non-hydrogen) atoms. The zero-order valence-electron chi connectivity index (χ0n) is 26.1. The van der Waals surface area contributed by atoms with Gasteiger partial charge in [-0.05, 0) is 58.5 Å². The fraction of sp³-hybridized carbons (Fsp3) is 0.679. The lowest BCUT2D eigenvalue weighted by molar-refractivity contribution is 0.0519. The molecule has 0 fully saturated rings. The number of esters is 1. The van der Waals surface area contributed by atoms with Crippen LogP contribution < -0.4 is 0 Å². The molecule has 4 atom stereocenters. The molecule has 2 N–H and O–H groups in total. The van der Waals surface area contributed by atoms with Crippen LogP contribution in [-0.2, 0) is 14.3 Å². The molecule has 2 radical (unpaired) electrons. The second-order valence-electron chi connectivity index (χ2n) is 10.7. The van der Waals surface area contributed by atoms with E-state index in [1.807, 2.05) is 31.0 Å².